The predicted octanol–water partition coefficient (Wildman–Crippen LogP) is 3.66. The SMILES string of the molecule is C=CCC(=C)[C@H]1[C@H](C(C)C)OC(=O)N1S(=O)(=O)c1ccc(C)cc1. The van der Waals surface area contributed by atoms with Crippen molar-refractivity contribution in [1.82, 2.24) is 4.31 Å². The second-order valence-electron chi connectivity index (χ2n) is 6.30. The minimum absolute atomic E-state index is 0.0428. The molecule has 1 heterocycles. The van der Waals surface area contributed by atoms with E-state index in [1.807, 2.05) is 20.8 Å². The van der Waals surface area contributed by atoms with Crippen LogP contribution in [0.2, 0.25) is 0 Å². The molecule has 0 radical (unpaired) electrons. The van der Waals surface area contributed by atoms with Gasteiger partial charge in [-0.2, -0.15) is 4.31 Å². The Morgan fingerprint density at radius 3 is 2.42 bits per heavy atom. The van der Waals surface area contributed by atoms with Gasteiger partial charge in [0.15, 0.2) is 0 Å². The number of ether oxygens (including phenoxy) is 1. The lowest BCUT2D eigenvalue weighted by Crippen LogP contribution is -2.43. The first-order chi connectivity index (χ1) is 11.2. The number of carbonyl (C=O) groups excluding carboxylic acids is 1. The van der Waals surface area contributed by atoms with Crippen molar-refractivity contribution in [2.24, 2.45) is 5.92 Å². The summed E-state index contributed by atoms with van der Waals surface area (Å²) in [5, 5.41) is 0. The first-order valence-electron chi connectivity index (χ1n) is 7.80. The van der Waals surface area contributed by atoms with Gasteiger partial charge in [-0.15, -0.1) is 6.58 Å². The van der Waals surface area contributed by atoms with Crippen LogP contribution in [0, 0.1) is 12.8 Å². The Kier molecular flexibility index (Phi) is 5.18. The highest BCUT2D eigenvalue weighted by Gasteiger charge is 2.50. The molecule has 0 saturated carbocycles. The third-order valence-corrected chi connectivity index (χ3v) is 5.80. The molecule has 1 aliphatic rings. The molecule has 1 aliphatic heterocycles. The molecule has 6 heteroatoms. The monoisotopic (exact) mass is 349 g/mol. The van der Waals surface area contributed by atoms with Crippen LogP contribution in [0.1, 0.15) is 25.8 Å². The number of allylic oxidation sites excluding steroid dienone is 1. The number of cyclic esters (lactones) is 1. The molecule has 0 spiro atoms. The number of carbonyl (C=O) groups is 1. The summed E-state index contributed by atoms with van der Waals surface area (Å²) < 4.78 is 32.2. The highest BCUT2D eigenvalue weighted by atomic mass is 32.2. The Balaban J connectivity index is 2.51. The molecule has 1 aromatic rings. The van der Waals surface area contributed by atoms with Crippen LogP contribution in [0.15, 0.2) is 54.0 Å². The molecule has 2 atom stereocenters. The molecule has 1 saturated heterocycles. The van der Waals surface area contributed by atoms with Gasteiger partial charge in [0.05, 0.1) is 4.90 Å². The Bertz CT molecular complexity index is 750. The highest BCUT2D eigenvalue weighted by molar-refractivity contribution is 7.89. The fourth-order valence-electron chi connectivity index (χ4n) is 2.76. The van der Waals surface area contributed by atoms with Gasteiger partial charge in [-0.1, -0.05) is 44.2 Å². The zero-order chi connectivity index (χ0) is 18.1. The molecule has 0 unspecified atom stereocenters. The maximum absolute atomic E-state index is 13.0. The molecule has 0 N–H and O–H groups in total. The van der Waals surface area contributed by atoms with Crippen LogP contribution in [0.3, 0.4) is 0 Å². The molecule has 0 aliphatic carbocycles. The zero-order valence-electron chi connectivity index (χ0n) is 14.2. The number of aryl methyl sites for hydroxylation is 1. The first-order valence-corrected chi connectivity index (χ1v) is 9.24. The van der Waals surface area contributed by atoms with Crippen LogP contribution in [0.4, 0.5) is 4.79 Å². The van der Waals surface area contributed by atoms with Crippen LogP contribution in [0.25, 0.3) is 0 Å². The summed E-state index contributed by atoms with van der Waals surface area (Å²) in [6, 6.07) is 5.65. The van der Waals surface area contributed by atoms with Crippen molar-refractivity contribution < 1.29 is 17.9 Å². The number of amides is 1. The van der Waals surface area contributed by atoms with Crippen molar-refractivity contribution in [3.63, 3.8) is 0 Å². The van der Waals surface area contributed by atoms with Crippen molar-refractivity contribution in [2.75, 3.05) is 0 Å². The van der Waals surface area contributed by atoms with Crippen LogP contribution < -0.4 is 0 Å². The van der Waals surface area contributed by atoms with E-state index in [2.05, 4.69) is 13.2 Å². The fraction of sp³-hybridized carbons (Fsp3) is 0.389. The lowest BCUT2D eigenvalue weighted by Gasteiger charge is -2.27. The molecule has 0 aromatic heterocycles. The van der Waals surface area contributed by atoms with Gasteiger partial charge in [0.25, 0.3) is 10.0 Å². The maximum atomic E-state index is 13.0. The molecule has 5 nitrogen and oxygen atoms in total. The summed E-state index contributed by atoms with van der Waals surface area (Å²) >= 11 is 0. The standard InChI is InChI=1S/C18H23NO4S/c1-6-7-14(5)16-17(12(2)3)23-18(20)19(16)24(21,22)15-10-8-13(4)9-11-15/h6,8-12,16-17H,1,5,7H2,2-4H3/t16-,17-/m0/s1. The largest absolute Gasteiger partial charge is 0.442 e. The third-order valence-electron chi connectivity index (χ3n) is 4.04. The normalized spacial score (nSPS) is 21.0. The average molecular weight is 349 g/mol. The van der Waals surface area contributed by atoms with Gasteiger partial charge in [-0.05, 0) is 37.0 Å². The van der Waals surface area contributed by atoms with E-state index < -0.39 is 28.3 Å². The highest BCUT2D eigenvalue weighted by Crippen LogP contribution is 2.35. The number of hydrogen-bond acceptors (Lipinski definition) is 4. The molecule has 1 fully saturated rings. The topological polar surface area (TPSA) is 63.7 Å². The lowest BCUT2D eigenvalue weighted by molar-refractivity contribution is 0.106. The summed E-state index contributed by atoms with van der Waals surface area (Å²) in [4.78, 5) is 12.4. The van der Waals surface area contributed by atoms with E-state index in [1.54, 1.807) is 18.2 Å². The molecule has 2 rings (SSSR count). The lowest BCUT2D eigenvalue weighted by atomic mass is 9.93. The van der Waals surface area contributed by atoms with E-state index >= 15 is 0 Å². The summed E-state index contributed by atoms with van der Waals surface area (Å²) in [6.07, 6.45) is 0.624. The minimum Gasteiger partial charge on any atom is -0.442 e. The summed E-state index contributed by atoms with van der Waals surface area (Å²) in [5.41, 5.74) is 1.52. The quantitative estimate of drug-likeness (QED) is 0.735. The summed E-state index contributed by atoms with van der Waals surface area (Å²) in [6.45, 7) is 13.2. The van der Waals surface area contributed by atoms with Gasteiger partial charge in [-0.25, -0.2) is 13.2 Å². The van der Waals surface area contributed by atoms with Gasteiger partial charge in [0.1, 0.15) is 12.1 Å². The van der Waals surface area contributed by atoms with Gasteiger partial charge >= 0.3 is 6.09 Å². The molecule has 24 heavy (non-hydrogen) atoms. The van der Waals surface area contributed by atoms with Crippen molar-refractivity contribution in [1.29, 1.82) is 0 Å². The number of nitrogens with zero attached hydrogens (tertiary/aromatic N) is 1. The smallest absolute Gasteiger partial charge is 0.424 e. The summed E-state index contributed by atoms with van der Waals surface area (Å²) in [5.74, 6) is -0.0428. The van der Waals surface area contributed by atoms with Gasteiger partial charge in [-0.3, -0.25) is 0 Å². The van der Waals surface area contributed by atoms with Crippen LogP contribution in [0.5, 0.6) is 0 Å². The number of sulfonamides is 1. The van der Waals surface area contributed by atoms with Crippen LogP contribution >= 0.6 is 0 Å². The van der Waals surface area contributed by atoms with Gasteiger partial charge in [0, 0.05) is 0 Å². The van der Waals surface area contributed by atoms with E-state index in [4.69, 9.17) is 4.74 Å². The Hall–Kier alpha value is -2.08. The number of hydrogen-bond donors (Lipinski definition) is 0. The molecule has 1 aromatic carbocycles. The van der Waals surface area contributed by atoms with Crippen molar-refractivity contribution in [3.8, 4) is 0 Å². The van der Waals surface area contributed by atoms with E-state index in [9.17, 15) is 13.2 Å². The third kappa shape index (κ3) is 3.24. The second-order valence-corrected chi connectivity index (χ2v) is 8.12. The van der Waals surface area contributed by atoms with E-state index in [-0.39, 0.29) is 10.8 Å². The first kappa shape index (κ1) is 18.3. The fourth-order valence-corrected chi connectivity index (χ4v) is 4.27. The zero-order valence-corrected chi connectivity index (χ0v) is 15.0. The molecular weight excluding hydrogens is 326 g/mol. The maximum Gasteiger partial charge on any atom is 0.424 e. The molecular formula is C18H23NO4S. The summed E-state index contributed by atoms with van der Waals surface area (Å²) in [7, 11) is -4.02. The Morgan fingerprint density at radius 2 is 1.92 bits per heavy atom. The van der Waals surface area contributed by atoms with Gasteiger partial charge < -0.3 is 4.74 Å². The Labute approximate surface area is 143 Å². The second kappa shape index (κ2) is 6.81. The Morgan fingerprint density at radius 1 is 1.33 bits per heavy atom. The van der Waals surface area contributed by atoms with Crippen LogP contribution in [-0.2, 0) is 14.8 Å². The van der Waals surface area contributed by atoms with E-state index in [1.165, 1.54) is 12.1 Å². The molecule has 1 amide bonds. The van der Waals surface area contributed by atoms with Crippen molar-refractivity contribution >= 4 is 16.1 Å². The minimum atomic E-state index is -4.02. The van der Waals surface area contributed by atoms with Crippen molar-refractivity contribution in [2.45, 2.75) is 44.2 Å². The predicted molar refractivity (Wildman–Crippen MR) is 93.1 cm³/mol. The van der Waals surface area contributed by atoms with E-state index in [0.29, 0.717) is 12.0 Å². The van der Waals surface area contributed by atoms with Crippen molar-refractivity contribution in [3.05, 3.63) is 54.6 Å². The van der Waals surface area contributed by atoms with E-state index in [0.717, 1.165) is 9.87 Å². The van der Waals surface area contributed by atoms with Crippen LogP contribution in [-0.4, -0.2) is 31.0 Å². The average Bonchev–Trinajstić information content (AvgIpc) is 2.86. The molecule has 130 valence electrons. The number of benzene rings is 1. The van der Waals surface area contributed by atoms with Gasteiger partial charge in [0.2, 0.25) is 0 Å². The number of rotatable bonds is 6. The molecule has 0 bridgehead atoms.